The molecule has 0 unspecified atom stereocenters. The van der Waals surface area contributed by atoms with Crippen LogP contribution in [0.25, 0.3) is 10.6 Å². The second kappa shape index (κ2) is 8.95. The number of cyclic esters (lactones) is 1. The molecule has 5 nitrogen and oxygen atoms in total. The van der Waals surface area contributed by atoms with E-state index in [1.54, 1.807) is 39.1 Å². The van der Waals surface area contributed by atoms with Crippen LogP contribution in [-0.2, 0) is 23.1 Å². The van der Waals surface area contributed by atoms with E-state index in [1.165, 1.54) is 16.2 Å². The summed E-state index contributed by atoms with van der Waals surface area (Å²) in [5, 5.41) is 12.8. The van der Waals surface area contributed by atoms with Crippen LogP contribution in [-0.4, -0.2) is 27.1 Å². The van der Waals surface area contributed by atoms with Gasteiger partial charge in [-0.2, -0.15) is 13.2 Å². The van der Waals surface area contributed by atoms with Crippen LogP contribution < -0.4 is 0 Å². The van der Waals surface area contributed by atoms with Gasteiger partial charge in [0.25, 0.3) is 0 Å². The molecule has 186 valence electrons. The Morgan fingerprint density at radius 2 is 1.83 bits per heavy atom. The maximum atomic E-state index is 13.4. The molecule has 1 aromatic heterocycles. The fourth-order valence-electron chi connectivity index (χ4n) is 4.22. The second-order valence-electron chi connectivity index (χ2n) is 9.56. The molecular formula is C26H27F3N2O3S. The zero-order valence-corrected chi connectivity index (χ0v) is 20.9. The number of aryl methyl sites for hydroxylation is 2. The normalized spacial score (nSPS) is 18.8. The van der Waals surface area contributed by atoms with Gasteiger partial charge in [0.05, 0.1) is 23.8 Å². The fraction of sp³-hybridized carbons (Fsp3) is 0.385. The van der Waals surface area contributed by atoms with Crippen molar-refractivity contribution in [2.75, 3.05) is 0 Å². The molecule has 2 heterocycles. The predicted molar refractivity (Wildman–Crippen MR) is 128 cm³/mol. The molecule has 1 fully saturated rings. The SMILES string of the molecule is Cc1cc([C@H]2OC(=O)N(Cc3cc(C)ccc3-c3nc(C(C)(C)O)cs3)[C@H]2C)cc(C(F)(F)F)c1. The highest BCUT2D eigenvalue weighted by atomic mass is 32.1. The molecule has 1 amide bonds. The molecule has 0 spiro atoms. The Bertz CT molecular complexity index is 1260. The van der Waals surface area contributed by atoms with Gasteiger partial charge >= 0.3 is 12.3 Å². The van der Waals surface area contributed by atoms with Gasteiger partial charge in [-0.15, -0.1) is 11.3 Å². The smallest absolute Gasteiger partial charge is 0.416 e. The molecule has 0 radical (unpaired) electrons. The lowest BCUT2D eigenvalue weighted by Gasteiger charge is -2.23. The van der Waals surface area contributed by atoms with Crippen molar-refractivity contribution in [2.45, 2.75) is 65.1 Å². The largest absolute Gasteiger partial charge is 0.439 e. The Morgan fingerprint density at radius 3 is 2.46 bits per heavy atom. The summed E-state index contributed by atoms with van der Waals surface area (Å²) in [6.07, 6.45) is -5.89. The molecule has 9 heteroatoms. The molecule has 0 bridgehead atoms. The van der Waals surface area contributed by atoms with E-state index >= 15 is 0 Å². The third-order valence-corrected chi connectivity index (χ3v) is 6.99. The van der Waals surface area contributed by atoms with Crippen LogP contribution in [0.5, 0.6) is 0 Å². The second-order valence-corrected chi connectivity index (χ2v) is 10.4. The molecule has 0 aliphatic carbocycles. The lowest BCUT2D eigenvalue weighted by atomic mass is 9.97. The number of hydrogen-bond acceptors (Lipinski definition) is 5. The number of aliphatic hydroxyl groups is 1. The van der Waals surface area contributed by atoms with Gasteiger partial charge in [0.2, 0.25) is 0 Å². The topological polar surface area (TPSA) is 62.7 Å². The first-order chi connectivity index (χ1) is 16.2. The summed E-state index contributed by atoms with van der Waals surface area (Å²) in [5.41, 5.74) is 2.14. The number of carbonyl (C=O) groups excluding carboxylic acids is 1. The van der Waals surface area contributed by atoms with E-state index in [0.29, 0.717) is 21.8 Å². The maximum Gasteiger partial charge on any atom is 0.416 e. The molecule has 35 heavy (non-hydrogen) atoms. The average Bonchev–Trinajstić information content (AvgIpc) is 3.34. The van der Waals surface area contributed by atoms with E-state index in [0.717, 1.165) is 28.8 Å². The number of ether oxygens (including phenoxy) is 1. The number of hydrogen-bond donors (Lipinski definition) is 1. The van der Waals surface area contributed by atoms with Crippen molar-refractivity contribution < 1.29 is 27.8 Å². The first-order valence-corrected chi connectivity index (χ1v) is 12.1. The van der Waals surface area contributed by atoms with Crippen molar-refractivity contribution >= 4 is 17.4 Å². The standard InChI is InChI=1S/C26H27F3N2O3S/c1-14-6-7-20(23-30-21(13-35-23)25(4,5)33)18(8-14)12-31-16(3)22(34-24(31)32)17-9-15(2)10-19(11-17)26(27,28)29/h6-11,13,16,22,33H,12H2,1-5H3/t16-,22-/m0/s1. The van der Waals surface area contributed by atoms with Gasteiger partial charge in [-0.3, -0.25) is 4.90 Å². The molecule has 2 aromatic carbocycles. The lowest BCUT2D eigenvalue weighted by molar-refractivity contribution is -0.137. The number of alkyl halides is 3. The summed E-state index contributed by atoms with van der Waals surface area (Å²) >= 11 is 1.40. The Kier molecular flexibility index (Phi) is 6.44. The highest BCUT2D eigenvalue weighted by molar-refractivity contribution is 7.13. The van der Waals surface area contributed by atoms with E-state index < -0.39 is 35.6 Å². The quantitative estimate of drug-likeness (QED) is 0.417. The third kappa shape index (κ3) is 5.21. The van der Waals surface area contributed by atoms with Crippen LogP contribution in [0.15, 0.2) is 41.8 Å². The summed E-state index contributed by atoms with van der Waals surface area (Å²) < 4.78 is 45.6. The van der Waals surface area contributed by atoms with Gasteiger partial charge in [-0.25, -0.2) is 9.78 Å². The molecule has 2 atom stereocenters. The molecule has 1 aliphatic rings. The van der Waals surface area contributed by atoms with E-state index in [4.69, 9.17) is 4.74 Å². The van der Waals surface area contributed by atoms with Gasteiger partial charge in [-0.1, -0.05) is 35.4 Å². The highest BCUT2D eigenvalue weighted by Crippen LogP contribution is 2.39. The summed E-state index contributed by atoms with van der Waals surface area (Å²) in [5.74, 6) is 0. The minimum Gasteiger partial charge on any atom is -0.439 e. The van der Waals surface area contributed by atoms with E-state index in [1.807, 2.05) is 25.1 Å². The van der Waals surface area contributed by atoms with Crippen LogP contribution in [0.4, 0.5) is 18.0 Å². The van der Waals surface area contributed by atoms with Gasteiger partial charge in [0, 0.05) is 10.9 Å². The van der Waals surface area contributed by atoms with Crippen LogP contribution >= 0.6 is 11.3 Å². The first kappa shape index (κ1) is 25.2. The van der Waals surface area contributed by atoms with Gasteiger partial charge in [0.1, 0.15) is 16.7 Å². The molecule has 1 aliphatic heterocycles. The average molecular weight is 505 g/mol. The van der Waals surface area contributed by atoms with E-state index in [9.17, 15) is 23.1 Å². The summed E-state index contributed by atoms with van der Waals surface area (Å²) in [6, 6.07) is 9.11. The molecule has 4 rings (SSSR count). The number of halogens is 3. The van der Waals surface area contributed by atoms with Gasteiger partial charge < -0.3 is 9.84 Å². The van der Waals surface area contributed by atoms with Crippen LogP contribution in [0.1, 0.15) is 60.4 Å². The molecule has 3 aromatic rings. The Labute approximate surface area is 206 Å². The molecule has 0 saturated carbocycles. The number of rotatable bonds is 5. The van der Waals surface area contributed by atoms with Crippen molar-refractivity contribution in [3.8, 4) is 10.6 Å². The van der Waals surface area contributed by atoms with Crippen LogP contribution in [0.3, 0.4) is 0 Å². The zero-order valence-electron chi connectivity index (χ0n) is 20.1. The minimum atomic E-state index is -4.49. The zero-order chi connectivity index (χ0) is 25.7. The first-order valence-electron chi connectivity index (χ1n) is 11.2. The fourth-order valence-corrected chi connectivity index (χ4v) is 5.27. The lowest BCUT2D eigenvalue weighted by Crippen LogP contribution is -2.31. The molecule has 1 N–H and O–H groups in total. The molecular weight excluding hydrogens is 477 g/mol. The number of thiazole rings is 1. The van der Waals surface area contributed by atoms with Crippen molar-refractivity contribution in [2.24, 2.45) is 0 Å². The summed E-state index contributed by atoms with van der Waals surface area (Å²) in [7, 11) is 0. The Morgan fingerprint density at radius 1 is 1.11 bits per heavy atom. The third-order valence-electron chi connectivity index (χ3n) is 6.11. The van der Waals surface area contributed by atoms with Crippen molar-refractivity contribution in [3.05, 3.63) is 75.3 Å². The van der Waals surface area contributed by atoms with E-state index in [2.05, 4.69) is 4.98 Å². The van der Waals surface area contributed by atoms with Gasteiger partial charge in [-0.05, 0) is 57.9 Å². The van der Waals surface area contributed by atoms with E-state index in [-0.39, 0.29) is 6.54 Å². The van der Waals surface area contributed by atoms with Crippen molar-refractivity contribution in [3.63, 3.8) is 0 Å². The number of amides is 1. The predicted octanol–water partition coefficient (Wildman–Crippen LogP) is 6.76. The molecule has 1 saturated heterocycles. The maximum absolute atomic E-state index is 13.4. The monoisotopic (exact) mass is 504 g/mol. The van der Waals surface area contributed by atoms with Gasteiger partial charge in [0.15, 0.2) is 0 Å². The number of benzene rings is 2. The highest BCUT2D eigenvalue weighted by Gasteiger charge is 2.41. The van der Waals surface area contributed by atoms with Crippen molar-refractivity contribution in [1.82, 2.24) is 9.88 Å². The number of nitrogens with zero attached hydrogens (tertiary/aromatic N) is 2. The van der Waals surface area contributed by atoms with Crippen molar-refractivity contribution in [1.29, 1.82) is 0 Å². The number of aromatic nitrogens is 1. The Balaban J connectivity index is 1.65. The van der Waals surface area contributed by atoms with Crippen LogP contribution in [0.2, 0.25) is 0 Å². The summed E-state index contributed by atoms with van der Waals surface area (Å²) in [6.45, 7) is 8.85. The number of carbonyl (C=O) groups is 1. The summed E-state index contributed by atoms with van der Waals surface area (Å²) in [4.78, 5) is 19.0. The minimum absolute atomic E-state index is 0.211. The Hall–Kier alpha value is -2.91. The van der Waals surface area contributed by atoms with Crippen LogP contribution in [0, 0.1) is 13.8 Å².